The van der Waals surface area contributed by atoms with Crippen LogP contribution in [0, 0.1) is 11.8 Å². The maximum absolute atomic E-state index is 12.3. The standard InChI is InChI=1S/C26H37BN2O4/c1-7-8-23(18(2)3)26(6)25(4,5)32-27(33-26)20-11-15-22(16-12-20)29-24(31)28-21-13-9-19(17-30)10-14-21/h9-16,18,23,30H,7-8,17H2,1-6H3,(H2,28,29,31). The molecular formula is C26H37BN2O4. The van der Waals surface area contributed by atoms with E-state index in [1.807, 2.05) is 24.3 Å². The van der Waals surface area contributed by atoms with Gasteiger partial charge in [0.05, 0.1) is 17.8 Å². The molecule has 2 amide bonds. The van der Waals surface area contributed by atoms with Crippen LogP contribution in [-0.4, -0.2) is 29.5 Å². The van der Waals surface area contributed by atoms with Crippen LogP contribution < -0.4 is 16.1 Å². The van der Waals surface area contributed by atoms with E-state index in [1.165, 1.54) is 0 Å². The number of anilines is 2. The largest absolute Gasteiger partial charge is 0.494 e. The van der Waals surface area contributed by atoms with E-state index in [-0.39, 0.29) is 12.6 Å². The van der Waals surface area contributed by atoms with Crippen molar-refractivity contribution in [2.75, 3.05) is 10.6 Å². The number of rotatable bonds is 8. The number of carbonyl (C=O) groups is 1. The van der Waals surface area contributed by atoms with E-state index < -0.39 is 18.3 Å². The molecule has 0 saturated carbocycles. The molecular weight excluding hydrogens is 415 g/mol. The zero-order valence-electron chi connectivity index (χ0n) is 20.6. The highest BCUT2D eigenvalue weighted by molar-refractivity contribution is 6.62. The Morgan fingerprint density at radius 2 is 1.52 bits per heavy atom. The van der Waals surface area contributed by atoms with Crippen molar-refractivity contribution >= 4 is 30.0 Å². The molecule has 1 aliphatic rings. The van der Waals surface area contributed by atoms with Crippen molar-refractivity contribution in [3.8, 4) is 0 Å². The van der Waals surface area contributed by atoms with Crippen LogP contribution in [-0.2, 0) is 15.9 Å². The number of carbonyl (C=O) groups excluding carboxylic acids is 1. The third-order valence-electron chi connectivity index (χ3n) is 6.90. The normalized spacial score (nSPS) is 20.7. The Kier molecular flexibility index (Phi) is 7.88. The number of aliphatic hydroxyl groups excluding tert-OH is 1. The van der Waals surface area contributed by atoms with Gasteiger partial charge >= 0.3 is 13.1 Å². The second kappa shape index (κ2) is 10.3. The Labute approximate surface area is 198 Å². The molecule has 6 nitrogen and oxygen atoms in total. The van der Waals surface area contributed by atoms with Crippen LogP contribution >= 0.6 is 0 Å². The summed E-state index contributed by atoms with van der Waals surface area (Å²) in [6, 6.07) is 14.3. The second-order valence-corrected chi connectivity index (χ2v) is 9.88. The Balaban J connectivity index is 1.66. The number of urea groups is 1. The third-order valence-corrected chi connectivity index (χ3v) is 6.90. The zero-order chi connectivity index (χ0) is 24.2. The van der Waals surface area contributed by atoms with Gasteiger partial charge in [-0.05, 0) is 74.3 Å². The smallest absolute Gasteiger partial charge is 0.399 e. The van der Waals surface area contributed by atoms with Gasteiger partial charge in [0.1, 0.15) is 0 Å². The van der Waals surface area contributed by atoms with Gasteiger partial charge in [-0.3, -0.25) is 0 Å². The summed E-state index contributed by atoms with van der Waals surface area (Å²) in [5, 5.41) is 14.7. The van der Waals surface area contributed by atoms with Crippen LogP contribution in [0.25, 0.3) is 0 Å². The zero-order valence-corrected chi connectivity index (χ0v) is 20.6. The van der Waals surface area contributed by atoms with Crippen molar-refractivity contribution < 1.29 is 19.2 Å². The summed E-state index contributed by atoms with van der Waals surface area (Å²) in [6.07, 6.45) is 2.20. The second-order valence-electron chi connectivity index (χ2n) is 9.88. The fourth-order valence-corrected chi connectivity index (χ4v) is 4.71. The lowest BCUT2D eigenvalue weighted by Gasteiger charge is -2.44. The summed E-state index contributed by atoms with van der Waals surface area (Å²) in [4.78, 5) is 12.3. The first-order chi connectivity index (χ1) is 15.6. The van der Waals surface area contributed by atoms with Gasteiger partial charge in [0.2, 0.25) is 0 Å². The summed E-state index contributed by atoms with van der Waals surface area (Å²) < 4.78 is 13.0. The lowest BCUT2D eigenvalue weighted by Crippen LogP contribution is -2.52. The molecule has 33 heavy (non-hydrogen) atoms. The fraction of sp³-hybridized carbons (Fsp3) is 0.500. The van der Waals surface area contributed by atoms with E-state index in [2.05, 4.69) is 52.2 Å². The molecule has 7 heteroatoms. The van der Waals surface area contributed by atoms with Gasteiger partial charge in [-0.1, -0.05) is 51.5 Å². The predicted octanol–water partition coefficient (Wildman–Crippen LogP) is 5.17. The van der Waals surface area contributed by atoms with Gasteiger partial charge in [0.25, 0.3) is 0 Å². The van der Waals surface area contributed by atoms with E-state index in [0.717, 1.165) is 23.9 Å². The Bertz CT molecular complexity index is 930. The number of nitrogens with one attached hydrogen (secondary N) is 2. The molecule has 1 fully saturated rings. The maximum Gasteiger partial charge on any atom is 0.494 e. The maximum atomic E-state index is 12.3. The molecule has 1 saturated heterocycles. The molecule has 0 aliphatic carbocycles. The molecule has 2 unspecified atom stereocenters. The van der Waals surface area contributed by atoms with Gasteiger partial charge in [-0.25, -0.2) is 4.79 Å². The lowest BCUT2D eigenvalue weighted by atomic mass is 9.70. The molecule has 1 heterocycles. The van der Waals surface area contributed by atoms with Gasteiger partial charge in [0, 0.05) is 11.4 Å². The van der Waals surface area contributed by atoms with Gasteiger partial charge < -0.3 is 25.0 Å². The van der Waals surface area contributed by atoms with Crippen LogP contribution in [0.3, 0.4) is 0 Å². The molecule has 2 aromatic carbocycles. The first-order valence-electron chi connectivity index (χ1n) is 11.8. The van der Waals surface area contributed by atoms with Crippen LogP contribution in [0.4, 0.5) is 16.2 Å². The minimum absolute atomic E-state index is 0.0275. The average molecular weight is 452 g/mol. The van der Waals surface area contributed by atoms with Crippen LogP contribution in [0.2, 0.25) is 0 Å². The van der Waals surface area contributed by atoms with Crippen molar-refractivity contribution in [3.05, 3.63) is 54.1 Å². The molecule has 0 radical (unpaired) electrons. The van der Waals surface area contributed by atoms with Crippen molar-refractivity contribution in [1.29, 1.82) is 0 Å². The van der Waals surface area contributed by atoms with Crippen molar-refractivity contribution in [2.45, 2.75) is 72.2 Å². The first-order valence-corrected chi connectivity index (χ1v) is 11.8. The third kappa shape index (κ3) is 5.60. The van der Waals surface area contributed by atoms with Crippen molar-refractivity contribution in [2.24, 2.45) is 11.8 Å². The molecule has 0 bridgehead atoms. The lowest BCUT2D eigenvalue weighted by molar-refractivity contribution is -0.0714. The van der Waals surface area contributed by atoms with Crippen molar-refractivity contribution in [1.82, 2.24) is 0 Å². The van der Waals surface area contributed by atoms with Gasteiger partial charge in [-0.15, -0.1) is 0 Å². The summed E-state index contributed by atoms with van der Waals surface area (Å²) in [5.74, 6) is 0.875. The number of aliphatic hydroxyl groups is 1. The molecule has 0 aromatic heterocycles. The predicted molar refractivity (Wildman–Crippen MR) is 135 cm³/mol. The number of hydrogen-bond donors (Lipinski definition) is 3. The van der Waals surface area contributed by atoms with Crippen LogP contribution in [0.15, 0.2) is 48.5 Å². The molecule has 3 N–H and O–H groups in total. The average Bonchev–Trinajstić information content (AvgIpc) is 3.02. The summed E-state index contributed by atoms with van der Waals surface area (Å²) in [6.45, 7) is 13.1. The van der Waals surface area contributed by atoms with Gasteiger partial charge in [0.15, 0.2) is 0 Å². The highest BCUT2D eigenvalue weighted by atomic mass is 16.7. The van der Waals surface area contributed by atoms with E-state index >= 15 is 0 Å². The minimum atomic E-state index is -0.448. The Morgan fingerprint density at radius 3 is 2.00 bits per heavy atom. The topological polar surface area (TPSA) is 79.8 Å². The van der Waals surface area contributed by atoms with Crippen LogP contribution in [0.5, 0.6) is 0 Å². The molecule has 178 valence electrons. The Morgan fingerprint density at radius 1 is 0.970 bits per heavy atom. The highest BCUT2D eigenvalue weighted by Crippen LogP contribution is 2.46. The number of amides is 2. The summed E-state index contributed by atoms with van der Waals surface area (Å²) in [7, 11) is -0.448. The highest BCUT2D eigenvalue weighted by Gasteiger charge is 2.58. The first kappa shape index (κ1) is 25.3. The number of hydrogen-bond acceptors (Lipinski definition) is 4. The summed E-state index contributed by atoms with van der Waals surface area (Å²) >= 11 is 0. The summed E-state index contributed by atoms with van der Waals surface area (Å²) in [5.41, 5.74) is 2.23. The molecule has 3 rings (SSSR count). The Hall–Kier alpha value is -2.35. The van der Waals surface area contributed by atoms with E-state index in [0.29, 0.717) is 23.2 Å². The van der Waals surface area contributed by atoms with E-state index in [4.69, 9.17) is 14.4 Å². The van der Waals surface area contributed by atoms with E-state index in [9.17, 15) is 4.79 Å². The molecule has 2 aromatic rings. The van der Waals surface area contributed by atoms with Gasteiger partial charge in [-0.2, -0.15) is 0 Å². The monoisotopic (exact) mass is 452 g/mol. The van der Waals surface area contributed by atoms with E-state index in [1.54, 1.807) is 24.3 Å². The van der Waals surface area contributed by atoms with Crippen LogP contribution in [0.1, 0.15) is 59.9 Å². The molecule has 2 atom stereocenters. The SMILES string of the molecule is CCCC(C(C)C)C1(C)OB(c2ccc(NC(=O)Nc3ccc(CO)cc3)cc2)OC1(C)C. The fourth-order valence-electron chi connectivity index (χ4n) is 4.71. The minimum Gasteiger partial charge on any atom is -0.399 e. The molecule has 1 aliphatic heterocycles. The number of benzene rings is 2. The quantitative estimate of drug-likeness (QED) is 0.483. The molecule has 0 spiro atoms. The van der Waals surface area contributed by atoms with Crippen molar-refractivity contribution in [3.63, 3.8) is 0 Å².